The minimum Gasteiger partial charge on any atom is -0.460 e. The zero-order valence-corrected chi connectivity index (χ0v) is 23.9. The van der Waals surface area contributed by atoms with Gasteiger partial charge in [0.2, 0.25) is 11.7 Å². The molecule has 40 heavy (non-hydrogen) atoms. The first-order valence-electron chi connectivity index (χ1n) is 15.2. The van der Waals surface area contributed by atoms with Gasteiger partial charge in [-0.2, -0.15) is 0 Å². The maximum absolute atomic E-state index is 14.0. The Bertz CT molecular complexity index is 1200. The van der Waals surface area contributed by atoms with E-state index in [9.17, 15) is 18.8 Å². The second kappa shape index (κ2) is 12.8. The molecule has 0 radical (unpaired) electrons. The zero-order valence-electron chi connectivity index (χ0n) is 23.9. The number of alkyl halides is 1. The molecule has 1 aromatic heterocycles. The predicted molar refractivity (Wildman–Crippen MR) is 151 cm³/mol. The van der Waals surface area contributed by atoms with Gasteiger partial charge in [0.25, 0.3) is 0 Å². The van der Waals surface area contributed by atoms with Crippen LogP contribution in [0, 0.1) is 17.8 Å². The summed E-state index contributed by atoms with van der Waals surface area (Å²) in [6.45, 7) is 6.22. The first-order valence-corrected chi connectivity index (χ1v) is 15.2. The average molecular weight is 555 g/mol. The van der Waals surface area contributed by atoms with Crippen LogP contribution in [0.1, 0.15) is 81.3 Å². The van der Waals surface area contributed by atoms with Gasteiger partial charge < -0.3 is 14.1 Å². The van der Waals surface area contributed by atoms with Crippen molar-refractivity contribution < 1.29 is 27.9 Å². The fourth-order valence-corrected chi connectivity index (χ4v) is 7.15. The highest BCUT2D eigenvalue weighted by atomic mass is 19.1. The number of nitrogens with zero attached hydrogens (tertiary/aromatic N) is 2. The number of benzene rings is 1. The van der Waals surface area contributed by atoms with E-state index in [1.165, 1.54) is 6.42 Å². The number of likely N-dealkylation sites (tertiary alicyclic amines) is 2. The molecule has 8 heteroatoms. The molecule has 2 saturated heterocycles. The van der Waals surface area contributed by atoms with Gasteiger partial charge in [-0.1, -0.05) is 19.4 Å². The lowest BCUT2D eigenvalue weighted by Gasteiger charge is -2.38. The Hall–Kier alpha value is -2.74. The van der Waals surface area contributed by atoms with Crippen LogP contribution in [0.15, 0.2) is 28.7 Å². The summed E-state index contributed by atoms with van der Waals surface area (Å²) in [5, 5.41) is 0.750. The number of ketones is 1. The maximum atomic E-state index is 14.0. The fraction of sp³-hybridized carbons (Fsp3) is 0.656. The normalized spacial score (nSPS) is 26.6. The topological polar surface area (TPSA) is 80.1 Å². The first kappa shape index (κ1) is 28.8. The number of piperidine rings is 1. The molecule has 1 amide bonds. The SMILES string of the molecule is CCOC(=O)c1cc2cc(CC(=O)[C@@H]3[C@H](N4CCCCC4)CCN3C(=O)C3CCC([C@H](C)CF)CC3)ccc2o1. The molecule has 0 unspecified atom stereocenters. The van der Waals surface area contributed by atoms with Crippen molar-refractivity contribution in [3.8, 4) is 0 Å². The number of carbonyl (C=O) groups excluding carboxylic acids is 3. The number of rotatable bonds is 9. The van der Waals surface area contributed by atoms with Crippen LogP contribution in [-0.4, -0.2) is 72.5 Å². The number of hydrogen-bond acceptors (Lipinski definition) is 6. The highest BCUT2D eigenvalue weighted by Crippen LogP contribution is 2.37. The lowest BCUT2D eigenvalue weighted by molar-refractivity contribution is -0.143. The van der Waals surface area contributed by atoms with Gasteiger partial charge in [0, 0.05) is 30.3 Å². The van der Waals surface area contributed by atoms with Crippen molar-refractivity contribution in [2.24, 2.45) is 17.8 Å². The van der Waals surface area contributed by atoms with Gasteiger partial charge >= 0.3 is 5.97 Å². The summed E-state index contributed by atoms with van der Waals surface area (Å²) >= 11 is 0. The molecule has 5 rings (SSSR count). The average Bonchev–Trinajstić information content (AvgIpc) is 3.62. The number of halogens is 1. The maximum Gasteiger partial charge on any atom is 0.374 e. The van der Waals surface area contributed by atoms with E-state index in [1.807, 2.05) is 24.0 Å². The molecular formula is C32H43FN2O5. The van der Waals surface area contributed by atoms with Crippen molar-refractivity contribution in [3.63, 3.8) is 0 Å². The summed E-state index contributed by atoms with van der Waals surface area (Å²) in [5.74, 6) is 0.114. The van der Waals surface area contributed by atoms with Gasteiger partial charge in [0.1, 0.15) is 11.6 Å². The van der Waals surface area contributed by atoms with E-state index >= 15 is 0 Å². The molecule has 1 aliphatic carbocycles. The van der Waals surface area contributed by atoms with Crippen molar-refractivity contribution in [1.29, 1.82) is 0 Å². The number of furan rings is 1. The third-order valence-electron chi connectivity index (χ3n) is 9.44. The Labute approximate surface area is 236 Å². The smallest absolute Gasteiger partial charge is 0.374 e. The van der Waals surface area contributed by atoms with Gasteiger partial charge in [-0.05, 0) is 101 Å². The molecule has 0 N–H and O–H groups in total. The minimum atomic E-state index is -0.506. The number of Topliss-reactive ketones (excluding diaryl/α,β-unsaturated/α-hetero) is 1. The molecule has 3 heterocycles. The van der Waals surface area contributed by atoms with Gasteiger partial charge in [0.05, 0.1) is 13.3 Å². The van der Waals surface area contributed by atoms with E-state index in [0.717, 1.165) is 69.0 Å². The Morgan fingerprint density at radius 1 is 1.02 bits per heavy atom. The van der Waals surface area contributed by atoms with Crippen LogP contribution in [0.3, 0.4) is 0 Å². The van der Waals surface area contributed by atoms with Crippen LogP contribution in [0.2, 0.25) is 0 Å². The highest BCUT2D eigenvalue weighted by molar-refractivity contribution is 5.95. The Kier molecular flexibility index (Phi) is 9.24. The van der Waals surface area contributed by atoms with Crippen molar-refractivity contribution in [3.05, 3.63) is 35.6 Å². The van der Waals surface area contributed by atoms with Gasteiger partial charge in [-0.3, -0.25) is 18.9 Å². The number of esters is 1. The van der Waals surface area contributed by atoms with Gasteiger partial charge in [-0.15, -0.1) is 0 Å². The Balaban J connectivity index is 1.33. The second-order valence-corrected chi connectivity index (χ2v) is 12.0. The molecule has 3 fully saturated rings. The molecule has 218 valence electrons. The van der Waals surface area contributed by atoms with Crippen molar-refractivity contribution >= 4 is 28.6 Å². The first-order chi connectivity index (χ1) is 19.4. The van der Waals surface area contributed by atoms with E-state index in [0.29, 0.717) is 18.0 Å². The van der Waals surface area contributed by atoms with Crippen LogP contribution < -0.4 is 0 Å². The van der Waals surface area contributed by atoms with Gasteiger partial charge in [0.15, 0.2) is 5.78 Å². The van der Waals surface area contributed by atoms with E-state index in [4.69, 9.17) is 9.15 Å². The molecule has 2 aromatic rings. The summed E-state index contributed by atoms with van der Waals surface area (Å²) in [5.41, 5.74) is 1.41. The highest BCUT2D eigenvalue weighted by Gasteiger charge is 2.46. The third-order valence-corrected chi connectivity index (χ3v) is 9.44. The number of carbonyl (C=O) groups is 3. The van der Waals surface area contributed by atoms with E-state index in [-0.39, 0.29) is 55.0 Å². The standard InChI is InChI=1S/C32H43FN2O5/c1-3-39-32(38)29-19-25-17-22(7-12-28(25)40-29)18-27(36)30-26(34-14-5-4-6-15-34)13-16-35(30)31(37)24-10-8-23(9-11-24)21(2)20-33/h7,12,17,19,21,23-24,26,30H,3-6,8-11,13-16,18,20H2,1-2H3/t21-,23?,24?,26-,30+/m1/s1. The van der Waals surface area contributed by atoms with Crippen LogP contribution >= 0.6 is 0 Å². The van der Waals surface area contributed by atoms with Crippen LogP contribution in [0.4, 0.5) is 4.39 Å². The molecule has 1 aromatic carbocycles. The fourth-order valence-electron chi connectivity index (χ4n) is 7.15. The van der Waals surface area contributed by atoms with E-state index in [2.05, 4.69) is 4.90 Å². The summed E-state index contributed by atoms with van der Waals surface area (Å²) in [6.07, 6.45) is 7.81. The quantitative estimate of drug-likeness (QED) is 0.376. The number of fused-ring (bicyclic) bond motifs is 1. The van der Waals surface area contributed by atoms with Crippen molar-refractivity contribution in [1.82, 2.24) is 9.80 Å². The molecule has 2 aliphatic heterocycles. The summed E-state index contributed by atoms with van der Waals surface area (Å²) < 4.78 is 23.9. The minimum absolute atomic E-state index is 0.0431. The lowest BCUT2D eigenvalue weighted by atomic mass is 9.76. The van der Waals surface area contributed by atoms with Crippen molar-refractivity contribution in [2.45, 2.75) is 83.7 Å². The Morgan fingerprint density at radius 2 is 1.77 bits per heavy atom. The molecule has 0 bridgehead atoms. The van der Waals surface area contributed by atoms with Crippen LogP contribution in [0.25, 0.3) is 11.0 Å². The zero-order chi connectivity index (χ0) is 28.2. The van der Waals surface area contributed by atoms with E-state index < -0.39 is 12.0 Å². The Morgan fingerprint density at radius 3 is 2.48 bits per heavy atom. The van der Waals surface area contributed by atoms with E-state index in [1.54, 1.807) is 19.1 Å². The molecule has 1 saturated carbocycles. The lowest BCUT2D eigenvalue weighted by Crippen LogP contribution is -2.54. The van der Waals surface area contributed by atoms with Gasteiger partial charge in [-0.25, -0.2) is 4.79 Å². The molecular weight excluding hydrogens is 511 g/mol. The summed E-state index contributed by atoms with van der Waals surface area (Å²) in [4.78, 5) is 44.3. The number of amides is 1. The number of hydrogen-bond donors (Lipinski definition) is 0. The van der Waals surface area contributed by atoms with Crippen LogP contribution in [-0.2, 0) is 20.7 Å². The summed E-state index contributed by atoms with van der Waals surface area (Å²) in [6, 6.07) is 6.80. The third kappa shape index (κ3) is 6.12. The second-order valence-electron chi connectivity index (χ2n) is 12.0. The monoisotopic (exact) mass is 554 g/mol. The van der Waals surface area contributed by atoms with Crippen molar-refractivity contribution in [2.75, 3.05) is 32.9 Å². The molecule has 3 atom stereocenters. The largest absolute Gasteiger partial charge is 0.460 e. The molecule has 7 nitrogen and oxygen atoms in total. The van der Waals surface area contributed by atoms with Crippen LogP contribution in [0.5, 0.6) is 0 Å². The summed E-state index contributed by atoms with van der Waals surface area (Å²) in [7, 11) is 0. The molecule has 3 aliphatic rings. The number of ether oxygens (including phenoxy) is 1. The molecule has 0 spiro atoms. The predicted octanol–water partition coefficient (Wildman–Crippen LogP) is 5.59.